The molecule has 3 rings (SSSR count). The predicted octanol–water partition coefficient (Wildman–Crippen LogP) is 2.07. The summed E-state index contributed by atoms with van der Waals surface area (Å²) in [4.78, 5) is 3.44. The summed E-state index contributed by atoms with van der Waals surface area (Å²) in [5, 5.41) is 3.52. The number of rotatable bonds is 0. The molecule has 2 N–H and O–H groups in total. The van der Waals surface area contributed by atoms with Crippen molar-refractivity contribution in [2.75, 3.05) is 13.1 Å². The predicted molar refractivity (Wildman–Crippen MR) is 64.7 cm³/mol. The highest BCUT2D eigenvalue weighted by atomic mass is 35.5. The van der Waals surface area contributed by atoms with Crippen LogP contribution in [0.5, 0.6) is 0 Å². The molecule has 0 saturated carbocycles. The molecule has 0 bridgehead atoms. The molecule has 2 heterocycles. The number of piperidine rings is 1. The normalized spacial score (nSPS) is 28.9. The second-order valence-corrected chi connectivity index (χ2v) is 4.85. The fourth-order valence-electron chi connectivity index (χ4n) is 3.08. The van der Waals surface area contributed by atoms with Gasteiger partial charge in [0.15, 0.2) is 0 Å². The molecule has 84 valence electrons. The van der Waals surface area contributed by atoms with Crippen LogP contribution >= 0.6 is 12.4 Å². The van der Waals surface area contributed by atoms with Gasteiger partial charge in [0.25, 0.3) is 0 Å². The van der Waals surface area contributed by atoms with E-state index in [0.29, 0.717) is 0 Å². The van der Waals surface area contributed by atoms with Crippen molar-refractivity contribution in [2.24, 2.45) is 11.8 Å². The van der Waals surface area contributed by atoms with Crippen molar-refractivity contribution in [2.45, 2.75) is 26.2 Å². The van der Waals surface area contributed by atoms with Gasteiger partial charge in [-0.15, -0.1) is 12.4 Å². The lowest BCUT2D eigenvalue weighted by atomic mass is 9.74. The zero-order chi connectivity index (χ0) is 9.54. The van der Waals surface area contributed by atoms with Crippen LogP contribution in [0.25, 0.3) is 0 Å². The van der Waals surface area contributed by atoms with Crippen LogP contribution in [-0.2, 0) is 12.8 Å². The van der Waals surface area contributed by atoms with Crippen LogP contribution in [-0.4, -0.2) is 18.1 Å². The SMILES string of the molecule is Cc1c[nH]c2c1CC1CNCCC1C2.Cl. The Morgan fingerprint density at radius 1 is 1.27 bits per heavy atom. The van der Waals surface area contributed by atoms with Crippen molar-refractivity contribution in [3.05, 3.63) is 23.0 Å². The Labute approximate surface area is 97.3 Å². The first kappa shape index (κ1) is 11.0. The van der Waals surface area contributed by atoms with E-state index in [-0.39, 0.29) is 12.4 Å². The van der Waals surface area contributed by atoms with E-state index in [1.54, 1.807) is 5.56 Å². The molecule has 15 heavy (non-hydrogen) atoms. The Hall–Kier alpha value is -0.470. The van der Waals surface area contributed by atoms with E-state index < -0.39 is 0 Å². The van der Waals surface area contributed by atoms with E-state index in [9.17, 15) is 0 Å². The van der Waals surface area contributed by atoms with Crippen LogP contribution in [0.2, 0.25) is 0 Å². The van der Waals surface area contributed by atoms with Gasteiger partial charge < -0.3 is 10.3 Å². The highest BCUT2D eigenvalue weighted by Crippen LogP contribution is 2.34. The van der Waals surface area contributed by atoms with Gasteiger partial charge in [-0.3, -0.25) is 0 Å². The molecule has 0 aromatic carbocycles. The maximum atomic E-state index is 3.52. The quantitative estimate of drug-likeness (QED) is 0.697. The molecule has 3 heteroatoms. The van der Waals surface area contributed by atoms with Crippen LogP contribution in [0.15, 0.2) is 6.20 Å². The van der Waals surface area contributed by atoms with Crippen molar-refractivity contribution in [3.63, 3.8) is 0 Å². The van der Waals surface area contributed by atoms with Crippen molar-refractivity contribution in [1.82, 2.24) is 10.3 Å². The van der Waals surface area contributed by atoms with Crippen LogP contribution in [0.1, 0.15) is 23.2 Å². The molecule has 1 aliphatic carbocycles. The third kappa shape index (κ3) is 1.81. The molecule has 2 nitrogen and oxygen atoms in total. The van der Waals surface area contributed by atoms with E-state index in [0.717, 1.165) is 11.8 Å². The first-order chi connectivity index (χ1) is 6.84. The van der Waals surface area contributed by atoms with Gasteiger partial charge in [0.2, 0.25) is 0 Å². The van der Waals surface area contributed by atoms with Crippen LogP contribution < -0.4 is 5.32 Å². The number of hydrogen-bond acceptors (Lipinski definition) is 1. The summed E-state index contributed by atoms with van der Waals surface area (Å²) >= 11 is 0. The van der Waals surface area contributed by atoms with Crippen LogP contribution in [0.3, 0.4) is 0 Å². The Bertz CT molecular complexity index is 345. The molecular formula is C12H19ClN2. The first-order valence-corrected chi connectivity index (χ1v) is 5.71. The van der Waals surface area contributed by atoms with E-state index in [1.165, 1.54) is 43.6 Å². The monoisotopic (exact) mass is 226 g/mol. The minimum absolute atomic E-state index is 0. The summed E-state index contributed by atoms with van der Waals surface area (Å²) in [6.07, 6.45) is 6.12. The first-order valence-electron chi connectivity index (χ1n) is 5.71. The number of hydrogen-bond donors (Lipinski definition) is 2. The second-order valence-electron chi connectivity index (χ2n) is 4.85. The van der Waals surface area contributed by atoms with Crippen molar-refractivity contribution in [1.29, 1.82) is 0 Å². The van der Waals surface area contributed by atoms with Crippen molar-refractivity contribution < 1.29 is 0 Å². The Morgan fingerprint density at radius 2 is 2.13 bits per heavy atom. The molecular weight excluding hydrogens is 208 g/mol. The fraction of sp³-hybridized carbons (Fsp3) is 0.667. The zero-order valence-corrected chi connectivity index (χ0v) is 9.99. The van der Waals surface area contributed by atoms with Gasteiger partial charge in [0.05, 0.1) is 0 Å². The maximum Gasteiger partial charge on any atom is 0.0185 e. The summed E-state index contributed by atoms with van der Waals surface area (Å²) < 4.78 is 0. The third-order valence-electron chi connectivity index (χ3n) is 4.00. The van der Waals surface area contributed by atoms with Gasteiger partial charge in [0, 0.05) is 11.9 Å². The average molecular weight is 227 g/mol. The van der Waals surface area contributed by atoms with Crippen molar-refractivity contribution in [3.8, 4) is 0 Å². The van der Waals surface area contributed by atoms with E-state index in [4.69, 9.17) is 0 Å². The van der Waals surface area contributed by atoms with Gasteiger partial charge in [-0.05, 0) is 62.2 Å². The topological polar surface area (TPSA) is 27.8 Å². The lowest BCUT2D eigenvalue weighted by Gasteiger charge is -2.36. The van der Waals surface area contributed by atoms with Gasteiger partial charge >= 0.3 is 0 Å². The minimum Gasteiger partial charge on any atom is -0.364 e. The smallest absolute Gasteiger partial charge is 0.0185 e. The largest absolute Gasteiger partial charge is 0.364 e. The highest BCUT2D eigenvalue weighted by molar-refractivity contribution is 5.85. The molecule has 1 saturated heterocycles. The van der Waals surface area contributed by atoms with Gasteiger partial charge in [-0.1, -0.05) is 0 Å². The third-order valence-corrected chi connectivity index (χ3v) is 4.00. The molecule has 2 atom stereocenters. The number of fused-ring (bicyclic) bond motifs is 2. The lowest BCUT2D eigenvalue weighted by Crippen LogP contribution is -2.40. The number of aromatic amines is 1. The highest BCUT2D eigenvalue weighted by Gasteiger charge is 2.31. The van der Waals surface area contributed by atoms with E-state index >= 15 is 0 Å². The Morgan fingerprint density at radius 3 is 3.00 bits per heavy atom. The standard InChI is InChI=1S/C12H18N2.ClH/c1-8-6-14-12-5-9-2-3-13-7-10(9)4-11(8)12;/h6,9-10,13-14H,2-5,7H2,1H3;1H. The summed E-state index contributed by atoms with van der Waals surface area (Å²) in [5.74, 6) is 1.83. The Kier molecular flexibility index (Phi) is 3.08. The molecule has 0 radical (unpaired) electrons. The van der Waals surface area contributed by atoms with Crippen molar-refractivity contribution >= 4 is 12.4 Å². The lowest BCUT2D eigenvalue weighted by molar-refractivity contribution is 0.236. The molecule has 2 unspecified atom stereocenters. The van der Waals surface area contributed by atoms with Crippen LogP contribution in [0, 0.1) is 18.8 Å². The number of nitrogens with one attached hydrogen (secondary N) is 2. The molecule has 1 aliphatic heterocycles. The summed E-state index contributed by atoms with van der Waals surface area (Å²) in [6.45, 7) is 4.68. The molecule has 0 amide bonds. The molecule has 1 fully saturated rings. The zero-order valence-electron chi connectivity index (χ0n) is 9.18. The average Bonchev–Trinajstić information content (AvgIpc) is 2.57. The number of halogens is 1. The summed E-state index contributed by atoms with van der Waals surface area (Å²) in [5.41, 5.74) is 4.59. The summed E-state index contributed by atoms with van der Waals surface area (Å²) in [6, 6.07) is 0. The molecule has 1 aromatic heterocycles. The minimum atomic E-state index is 0. The summed E-state index contributed by atoms with van der Waals surface area (Å²) in [7, 11) is 0. The molecule has 1 aromatic rings. The van der Waals surface area contributed by atoms with Crippen LogP contribution in [0.4, 0.5) is 0 Å². The fourth-order valence-corrected chi connectivity index (χ4v) is 3.08. The van der Waals surface area contributed by atoms with E-state index in [2.05, 4.69) is 23.4 Å². The molecule has 0 spiro atoms. The van der Waals surface area contributed by atoms with E-state index in [1.807, 2.05) is 0 Å². The number of aryl methyl sites for hydroxylation is 1. The maximum absolute atomic E-state index is 3.52. The van der Waals surface area contributed by atoms with Gasteiger partial charge in [0.1, 0.15) is 0 Å². The second kappa shape index (κ2) is 4.18. The number of H-pyrrole nitrogens is 1. The molecule has 2 aliphatic rings. The Balaban J connectivity index is 0.000000853. The number of aromatic nitrogens is 1. The van der Waals surface area contributed by atoms with Gasteiger partial charge in [-0.25, -0.2) is 0 Å². The van der Waals surface area contributed by atoms with Gasteiger partial charge in [-0.2, -0.15) is 0 Å².